The molecular formula is C14H14ClN3O. The fourth-order valence-electron chi connectivity index (χ4n) is 1.83. The number of benzene rings is 1. The normalized spacial score (nSPS) is 10.2. The number of halogens is 1. The van der Waals surface area contributed by atoms with Crippen molar-refractivity contribution in [2.24, 2.45) is 0 Å². The molecule has 0 atom stereocenters. The first kappa shape index (κ1) is 13.4. The van der Waals surface area contributed by atoms with Crippen LogP contribution in [-0.2, 0) is 0 Å². The second kappa shape index (κ2) is 5.71. The molecule has 0 radical (unpaired) electrons. The number of aromatic nitrogens is 1. The van der Waals surface area contributed by atoms with Gasteiger partial charge in [-0.1, -0.05) is 17.7 Å². The van der Waals surface area contributed by atoms with Gasteiger partial charge in [0.2, 0.25) is 0 Å². The van der Waals surface area contributed by atoms with Crippen LogP contribution in [0.5, 0.6) is 0 Å². The molecule has 1 amide bonds. The zero-order valence-electron chi connectivity index (χ0n) is 10.5. The Hall–Kier alpha value is -2.07. The number of carbonyl (C=O) groups is 1. The third-order valence-electron chi connectivity index (χ3n) is 2.75. The Kier molecular flexibility index (Phi) is 4.02. The fraction of sp³-hybridized carbons (Fsp3) is 0.143. The van der Waals surface area contributed by atoms with E-state index in [4.69, 9.17) is 17.3 Å². The number of nitrogens with zero attached hydrogens (tertiary/aromatic N) is 2. The van der Waals surface area contributed by atoms with Gasteiger partial charge in [0.05, 0.1) is 10.6 Å². The minimum Gasteiger partial charge on any atom is -0.399 e. The second-order valence-corrected chi connectivity index (χ2v) is 4.41. The maximum Gasteiger partial charge on any atom is 0.259 e. The summed E-state index contributed by atoms with van der Waals surface area (Å²) < 4.78 is 0. The molecule has 2 aromatic rings. The predicted molar refractivity (Wildman–Crippen MR) is 77.5 cm³/mol. The Morgan fingerprint density at radius 3 is 2.84 bits per heavy atom. The second-order valence-electron chi connectivity index (χ2n) is 4.00. The number of hydrogen-bond donors (Lipinski definition) is 1. The lowest BCUT2D eigenvalue weighted by molar-refractivity contribution is 0.0988. The van der Waals surface area contributed by atoms with Gasteiger partial charge in [0.25, 0.3) is 5.91 Å². The van der Waals surface area contributed by atoms with Gasteiger partial charge in [0, 0.05) is 30.3 Å². The van der Waals surface area contributed by atoms with E-state index in [1.54, 1.807) is 29.3 Å². The summed E-state index contributed by atoms with van der Waals surface area (Å²) in [5, 5.41) is 0.342. The molecule has 0 saturated heterocycles. The molecule has 1 aromatic carbocycles. The van der Waals surface area contributed by atoms with Crippen molar-refractivity contribution >= 4 is 28.9 Å². The maximum atomic E-state index is 12.5. The molecule has 1 heterocycles. The van der Waals surface area contributed by atoms with Gasteiger partial charge in [-0.05, 0) is 31.2 Å². The van der Waals surface area contributed by atoms with Gasteiger partial charge in [-0.2, -0.15) is 0 Å². The summed E-state index contributed by atoms with van der Waals surface area (Å²) in [7, 11) is 0. The van der Waals surface area contributed by atoms with Gasteiger partial charge in [-0.3, -0.25) is 9.78 Å². The summed E-state index contributed by atoms with van der Waals surface area (Å²) in [5.74, 6) is -0.166. The van der Waals surface area contributed by atoms with Crippen LogP contribution in [0.25, 0.3) is 0 Å². The van der Waals surface area contributed by atoms with Crippen molar-refractivity contribution in [1.82, 2.24) is 4.98 Å². The van der Waals surface area contributed by atoms with Gasteiger partial charge >= 0.3 is 0 Å². The molecule has 4 nitrogen and oxygen atoms in total. The summed E-state index contributed by atoms with van der Waals surface area (Å²) in [4.78, 5) is 18.0. The smallest absolute Gasteiger partial charge is 0.259 e. The number of pyridine rings is 1. The van der Waals surface area contributed by atoms with Crippen molar-refractivity contribution in [3.05, 3.63) is 53.3 Å². The summed E-state index contributed by atoms with van der Waals surface area (Å²) in [6.07, 6.45) is 3.01. The highest BCUT2D eigenvalue weighted by Gasteiger charge is 2.18. The topological polar surface area (TPSA) is 59.2 Å². The number of rotatable bonds is 3. The molecule has 0 aliphatic heterocycles. The molecule has 0 aliphatic carbocycles. The summed E-state index contributed by atoms with van der Waals surface area (Å²) >= 11 is 6.00. The standard InChI is InChI=1S/C14H14ClN3O/c1-2-18(11-5-3-4-10(16)8-11)14(19)12-6-7-17-9-13(12)15/h3-9H,2,16H2,1H3. The molecule has 0 spiro atoms. The molecule has 5 heteroatoms. The van der Waals surface area contributed by atoms with Gasteiger partial charge < -0.3 is 10.6 Å². The van der Waals surface area contributed by atoms with Crippen LogP contribution in [-0.4, -0.2) is 17.4 Å². The van der Waals surface area contributed by atoms with Crippen LogP contribution in [0.2, 0.25) is 5.02 Å². The highest BCUT2D eigenvalue weighted by molar-refractivity contribution is 6.34. The van der Waals surface area contributed by atoms with Gasteiger partial charge in [-0.25, -0.2) is 0 Å². The van der Waals surface area contributed by atoms with E-state index in [2.05, 4.69) is 4.98 Å². The molecule has 0 aliphatic rings. The molecule has 2 rings (SSSR count). The minimum atomic E-state index is -0.166. The Morgan fingerprint density at radius 2 is 2.21 bits per heavy atom. The predicted octanol–water partition coefficient (Wildman–Crippen LogP) is 2.98. The molecule has 0 unspecified atom stereocenters. The Morgan fingerprint density at radius 1 is 1.42 bits per heavy atom. The summed E-state index contributed by atoms with van der Waals surface area (Å²) in [6.45, 7) is 2.43. The van der Waals surface area contributed by atoms with E-state index in [1.165, 1.54) is 6.20 Å². The summed E-state index contributed by atoms with van der Waals surface area (Å²) in [6, 6.07) is 8.80. The molecule has 0 bridgehead atoms. The number of hydrogen-bond acceptors (Lipinski definition) is 3. The van der Waals surface area contributed by atoms with Crippen molar-refractivity contribution < 1.29 is 4.79 Å². The molecule has 1 aromatic heterocycles. The maximum absolute atomic E-state index is 12.5. The van der Waals surface area contributed by atoms with Gasteiger partial charge in [0.15, 0.2) is 0 Å². The average Bonchev–Trinajstić information content (AvgIpc) is 2.40. The fourth-order valence-corrected chi connectivity index (χ4v) is 2.03. The van der Waals surface area contributed by atoms with E-state index in [1.807, 2.05) is 19.1 Å². The van der Waals surface area contributed by atoms with E-state index < -0.39 is 0 Å². The molecule has 0 saturated carbocycles. The average molecular weight is 276 g/mol. The lowest BCUT2D eigenvalue weighted by Crippen LogP contribution is -2.30. The van der Waals surface area contributed by atoms with Crippen LogP contribution < -0.4 is 10.6 Å². The SMILES string of the molecule is CCN(C(=O)c1ccncc1Cl)c1cccc(N)c1. The van der Waals surface area contributed by atoms with Crippen molar-refractivity contribution in [2.75, 3.05) is 17.2 Å². The van der Waals surface area contributed by atoms with E-state index in [9.17, 15) is 4.79 Å². The largest absolute Gasteiger partial charge is 0.399 e. The highest BCUT2D eigenvalue weighted by Crippen LogP contribution is 2.22. The third-order valence-corrected chi connectivity index (χ3v) is 3.05. The van der Waals surface area contributed by atoms with Crippen molar-refractivity contribution in [3.63, 3.8) is 0 Å². The summed E-state index contributed by atoms with van der Waals surface area (Å²) in [5.41, 5.74) is 7.54. The molecular weight excluding hydrogens is 262 g/mol. The van der Waals surface area contributed by atoms with Gasteiger partial charge in [-0.15, -0.1) is 0 Å². The number of nitrogen functional groups attached to an aromatic ring is 1. The lowest BCUT2D eigenvalue weighted by Gasteiger charge is -2.21. The van der Waals surface area contributed by atoms with Crippen LogP contribution in [0.4, 0.5) is 11.4 Å². The van der Waals surface area contributed by atoms with E-state index in [0.717, 1.165) is 5.69 Å². The quantitative estimate of drug-likeness (QED) is 0.876. The van der Waals surface area contributed by atoms with Crippen LogP contribution in [0.15, 0.2) is 42.7 Å². The highest BCUT2D eigenvalue weighted by atomic mass is 35.5. The third kappa shape index (κ3) is 2.85. The van der Waals surface area contributed by atoms with E-state index in [-0.39, 0.29) is 5.91 Å². The van der Waals surface area contributed by atoms with Crippen molar-refractivity contribution in [3.8, 4) is 0 Å². The van der Waals surface area contributed by atoms with Gasteiger partial charge in [0.1, 0.15) is 0 Å². The Balaban J connectivity index is 2.38. The Bertz CT molecular complexity index is 601. The molecule has 0 fully saturated rings. The first-order chi connectivity index (χ1) is 9.13. The van der Waals surface area contributed by atoms with Crippen molar-refractivity contribution in [2.45, 2.75) is 6.92 Å². The first-order valence-electron chi connectivity index (χ1n) is 5.90. The molecule has 98 valence electrons. The van der Waals surface area contributed by atoms with E-state index >= 15 is 0 Å². The molecule has 2 N–H and O–H groups in total. The van der Waals surface area contributed by atoms with Crippen LogP contribution in [0, 0.1) is 0 Å². The van der Waals surface area contributed by atoms with Crippen LogP contribution >= 0.6 is 11.6 Å². The first-order valence-corrected chi connectivity index (χ1v) is 6.28. The van der Waals surface area contributed by atoms with Crippen LogP contribution in [0.1, 0.15) is 17.3 Å². The number of nitrogens with two attached hydrogens (primary N) is 1. The molecule has 19 heavy (non-hydrogen) atoms. The zero-order chi connectivity index (χ0) is 13.8. The minimum absolute atomic E-state index is 0.166. The van der Waals surface area contributed by atoms with Crippen LogP contribution in [0.3, 0.4) is 0 Å². The number of carbonyl (C=O) groups excluding carboxylic acids is 1. The number of amides is 1. The lowest BCUT2D eigenvalue weighted by atomic mass is 10.2. The number of anilines is 2. The Labute approximate surface area is 116 Å². The zero-order valence-corrected chi connectivity index (χ0v) is 11.3. The van der Waals surface area contributed by atoms with Crippen molar-refractivity contribution in [1.29, 1.82) is 0 Å². The monoisotopic (exact) mass is 275 g/mol. The van der Waals surface area contributed by atoms with E-state index in [0.29, 0.717) is 22.8 Å².